The van der Waals surface area contributed by atoms with Crippen LogP contribution in [0.1, 0.15) is 42.6 Å². The number of hydrazone groups is 1. The Morgan fingerprint density at radius 3 is 2.53 bits per heavy atom. The summed E-state index contributed by atoms with van der Waals surface area (Å²) in [4.78, 5) is 25.8. The molecule has 1 aliphatic carbocycles. The number of allylic oxidation sites excluding steroid dienone is 2. The van der Waals surface area contributed by atoms with E-state index in [9.17, 15) is 9.59 Å². The number of benzene rings is 2. The van der Waals surface area contributed by atoms with E-state index in [0.717, 1.165) is 12.8 Å². The molecule has 178 valence electrons. The number of amides is 2. The normalized spacial score (nSPS) is 18.2. The smallest absolute Gasteiger partial charge is 0.287 e. The number of carbonyl (C=O) groups excluding carboxylic acids is 2. The van der Waals surface area contributed by atoms with E-state index in [-0.39, 0.29) is 11.6 Å². The lowest BCUT2D eigenvalue weighted by atomic mass is 9.82. The molecule has 0 saturated carbocycles. The van der Waals surface area contributed by atoms with Crippen LogP contribution in [0.25, 0.3) is 6.08 Å². The third-order valence-corrected chi connectivity index (χ3v) is 5.81. The molecule has 7 heteroatoms. The molecule has 2 aromatic rings. The zero-order chi connectivity index (χ0) is 24.5. The first-order valence-electron chi connectivity index (χ1n) is 11.2. The van der Waals surface area contributed by atoms with Crippen LogP contribution in [0, 0.1) is 11.8 Å². The molecule has 0 unspecified atom stereocenters. The number of carbonyl (C=O) groups is 2. The highest BCUT2D eigenvalue weighted by molar-refractivity contribution is 6.05. The molecule has 0 spiro atoms. The average molecular weight is 462 g/mol. The van der Waals surface area contributed by atoms with Crippen LogP contribution in [0.15, 0.2) is 71.0 Å². The van der Waals surface area contributed by atoms with Crippen molar-refractivity contribution < 1.29 is 19.1 Å². The van der Waals surface area contributed by atoms with Gasteiger partial charge in [-0.15, -0.1) is 0 Å². The number of nitrogens with zero attached hydrogens (tertiary/aromatic N) is 1. The number of hydrogen-bond donors (Lipinski definition) is 2. The van der Waals surface area contributed by atoms with Crippen molar-refractivity contribution in [1.82, 2.24) is 10.7 Å². The zero-order valence-corrected chi connectivity index (χ0v) is 20.0. The summed E-state index contributed by atoms with van der Waals surface area (Å²) < 4.78 is 10.7. The lowest BCUT2D eigenvalue weighted by Gasteiger charge is -2.24. The molecule has 2 N–H and O–H groups in total. The van der Waals surface area contributed by atoms with Crippen LogP contribution in [-0.4, -0.2) is 32.2 Å². The molecule has 3 rings (SSSR count). The Balaban J connectivity index is 1.84. The molecule has 0 heterocycles. The van der Waals surface area contributed by atoms with Gasteiger partial charge in [0.2, 0.25) is 0 Å². The van der Waals surface area contributed by atoms with Crippen molar-refractivity contribution in [3.05, 3.63) is 77.0 Å². The molecule has 0 bridgehead atoms. The van der Waals surface area contributed by atoms with Crippen molar-refractivity contribution in [2.24, 2.45) is 16.9 Å². The van der Waals surface area contributed by atoms with Gasteiger partial charge in [0.15, 0.2) is 0 Å². The second-order valence-corrected chi connectivity index (χ2v) is 8.34. The maximum atomic E-state index is 13.0. The number of nitrogens with one attached hydrogen (secondary N) is 2. The highest BCUT2D eigenvalue weighted by Gasteiger charge is 2.20. The van der Waals surface area contributed by atoms with Crippen LogP contribution in [-0.2, 0) is 4.79 Å². The van der Waals surface area contributed by atoms with Crippen LogP contribution >= 0.6 is 0 Å². The molecule has 7 nitrogen and oxygen atoms in total. The Hall–Kier alpha value is -3.87. The van der Waals surface area contributed by atoms with Crippen molar-refractivity contribution >= 4 is 24.1 Å². The van der Waals surface area contributed by atoms with Crippen LogP contribution in [0.5, 0.6) is 11.5 Å². The van der Waals surface area contributed by atoms with Crippen molar-refractivity contribution in [3.8, 4) is 11.5 Å². The second kappa shape index (κ2) is 11.8. The molecule has 1 aliphatic rings. The van der Waals surface area contributed by atoms with Gasteiger partial charge >= 0.3 is 0 Å². The van der Waals surface area contributed by atoms with E-state index in [1.165, 1.54) is 12.7 Å². The maximum Gasteiger partial charge on any atom is 0.287 e. The third-order valence-electron chi connectivity index (χ3n) is 5.81. The predicted octanol–water partition coefficient (Wildman–Crippen LogP) is 4.57. The number of rotatable bonds is 8. The monoisotopic (exact) mass is 461 g/mol. The lowest BCUT2D eigenvalue weighted by molar-refractivity contribution is -0.117. The first-order chi connectivity index (χ1) is 16.4. The van der Waals surface area contributed by atoms with Gasteiger partial charge in [-0.2, -0.15) is 5.10 Å². The van der Waals surface area contributed by atoms with Gasteiger partial charge in [-0.1, -0.05) is 36.8 Å². The highest BCUT2D eigenvalue weighted by atomic mass is 16.5. The average Bonchev–Trinajstić information content (AvgIpc) is 2.85. The van der Waals surface area contributed by atoms with E-state index in [0.29, 0.717) is 28.5 Å². The summed E-state index contributed by atoms with van der Waals surface area (Å²) in [6.07, 6.45) is 7.44. The molecule has 0 radical (unpaired) electrons. The number of methoxy groups -OCH3 is 2. The van der Waals surface area contributed by atoms with Crippen molar-refractivity contribution in [2.45, 2.75) is 26.7 Å². The van der Waals surface area contributed by atoms with E-state index in [2.05, 4.69) is 35.8 Å². The van der Waals surface area contributed by atoms with Crippen molar-refractivity contribution in [1.29, 1.82) is 0 Å². The topological polar surface area (TPSA) is 89.0 Å². The van der Waals surface area contributed by atoms with Crippen LogP contribution in [0.4, 0.5) is 0 Å². The van der Waals surface area contributed by atoms with Gasteiger partial charge in [0.05, 0.1) is 14.2 Å². The van der Waals surface area contributed by atoms with Gasteiger partial charge in [0, 0.05) is 29.3 Å². The maximum absolute atomic E-state index is 13.0. The zero-order valence-electron chi connectivity index (χ0n) is 20.0. The Morgan fingerprint density at radius 2 is 1.85 bits per heavy atom. The summed E-state index contributed by atoms with van der Waals surface area (Å²) in [5.41, 5.74) is 5.02. The summed E-state index contributed by atoms with van der Waals surface area (Å²) in [6.45, 7) is 4.31. The van der Waals surface area contributed by atoms with Gasteiger partial charge < -0.3 is 14.8 Å². The summed E-state index contributed by atoms with van der Waals surface area (Å²) >= 11 is 0. The summed E-state index contributed by atoms with van der Waals surface area (Å²) in [5, 5.41) is 6.89. The Kier molecular flexibility index (Phi) is 8.62. The molecule has 2 atom stereocenters. The lowest BCUT2D eigenvalue weighted by Crippen LogP contribution is -2.33. The molecular weight excluding hydrogens is 430 g/mol. The Morgan fingerprint density at radius 1 is 1.09 bits per heavy atom. The fourth-order valence-corrected chi connectivity index (χ4v) is 3.81. The van der Waals surface area contributed by atoms with Gasteiger partial charge in [-0.25, -0.2) is 5.43 Å². The fraction of sp³-hybridized carbons (Fsp3) is 0.296. The van der Waals surface area contributed by atoms with E-state index in [4.69, 9.17) is 9.47 Å². The third kappa shape index (κ3) is 6.57. The van der Waals surface area contributed by atoms with Gasteiger partial charge in [0.1, 0.15) is 17.2 Å². The molecule has 0 aliphatic heterocycles. The Bertz CT molecular complexity index is 1110. The van der Waals surface area contributed by atoms with Gasteiger partial charge in [-0.05, 0) is 56.0 Å². The van der Waals surface area contributed by atoms with Crippen LogP contribution in [0.3, 0.4) is 0 Å². The molecule has 0 fully saturated rings. The van der Waals surface area contributed by atoms with E-state index < -0.39 is 11.8 Å². The van der Waals surface area contributed by atoms with Crippen LogP contribution in [0.2, 0.25) is 0 Å². The van der Waals surface area contributed by atoms with E-state index >= 15 is 0 Å². The quantitative estimate of drug-likeness (QED) is 0.261. The minimum atomic E-state index is -0.534. The summed E-state index contributed by atoms with van der Waals surface area (Å²) in [6, 6.07) is 13.9. The van der Waals surface area contributed by atoms with E-state index in [1.54, 1.807) is 61.9 Å². The minimum Gasteiger partial charge on any atom is -0.497 e. The molecule has 0 saturated heterocycles. The fourth-order valence-electron chi connectivity index (χ4n) is 3.81. The Labute approximate surface area is 200 Å². The van der Waals surface area contributed by atoms with Gasteiger partial charge in [-0.3, -0.25) is 9.59 Å². The summed E-state index contributed by atoms with van der Waals surface area (Å²) in [7, 11) is 3.09. The molecular formula is C27H31N3O4. The second-order valence-electron chi connectivity index (χ2n) is 8.34. The molecule has 34 heavy (non-hydrogen) atoms. The van der Waals surface area contributed by atoms with Crippen LogP contribution < -0.4 is 20.2 Å². The predicted molar refractivity (Wildman–Crippen MR) is 134 cm³/mol. The first-order valence-corrected chi connectivity index (χ1v) is 11.2. The standard InChI is InChI=1S/C27H31N3O4/c1-18-10-11-22(19(2)14-18)17-28-30-27(32)24(29-26(31)20-8-6-5-7-9-20)15-21-12-13-23(33-3)16-25(21)34-4/h5-10,12-13,15-17,19,22H,11,14H2,1-4H3,(H,29,31)(H,30,32)/b24-15-,28-17-/t19-,22+/m1/s1. The molecule has 2 aromatic carbocycles. The molecule has 2 amide bonds. The summed E-state index contributed by atoms with van der Waals surface area (Å²) in [5.74, 6) is 0.872. The van der Waals surface area contributed by atoms with Crippen molar-refractivity contribution in [2.75, 3.05) is 14.2 Å². The SMILES string of the molecule is COc1ccc(/C=C(\NC(=O)c2ccccc2)C(=O)N/N=C\[C@@H]2CC=C(C)C[C@H]2C)c(OC)c1. The first kappa shape index (κ1) is 24.8. The van der Waals surface area contributed by atoms with Crippen molar-refractivity contribution in [3.63, 3.8) is 0 Å². The minimum absolute atomic E-state index is 0.0434. The highest BCUT2D eigenvalue weighted by Crippen LogP contribution is 2.28. The van der Waals surface area contributed by atoms with Gasteiger partial charge in [0.25, 0.3) is 11.8 Å². The van der Waals surface area contributed by atoms with E-state index in [1.807, 2.05) is 6.07 Å². The molecule has 0 aromatic heterocycles. The largest absolute Gasteiger partial charge is 0.497 e. The number of ether oxygens (including phenoxy) is 2. The number of hydrogen-bond acceptors (Lipinski definition) is 5.